The first kappa shape index (κ1) is 22.1. The van der Waals surface area contributed by atoms with Gasteiger partial charge in [0.05, 0.1) is 17.2 Å². The van der Waals surface area contributed by atoms with Crippen LogP contribution in [0.2, 0.25) is 5.02 Å². The van der Waals surface area contributed by atoms with Crippen LogP contribution in [0.1, 0.15) is 28.4 Å². The number of carbonyl (C=O) groups is 2. The maximum Gasteiger partial charge on any atom is 0.345 e. The molecule has 2 aromatic rings. The third kappa shape index (κ3) is 3.54. The molecule has 0 amide bonds. The summed E-state index contributed by atoms with van der Waals surface area (Å²) < 4.78 is 14.2. The number of ketones is 1. The highest BCUT2D eigenvalue weighted by Crippen LogP contribution is 2.39. The maximum absolute atomic E-state index is 14.3. The van der Waals surface area contributed by atoms with Gasteiger partial charge < -0.3 is 10.2 Å². The van der Waals surface area contributed by atoms with Crippen molar-refractivity contribution in [3.05, 3.63) is 75.7 Å². The van der Waals surface area contributed by atoms with E-state index in [2.05, 4.69) is 0 Å². The number of carboxylic acids is 1. The van der Waals surface area contributed by atoms with E-state index < -0.39 is 23.6 Å². The van der Waals surface area contributed by atoms with Crippen LogP contribution in [0, 0.1) is 5.82 Å². The number of carbonyl (C=O) groups excluding carboxylic acids is 1. The molecule has 0 bridgehead atoms. The number of nitrogens with zero attached hydrogens (tertiary/aromatic N) is 2. The number of hydrogen-bond acceptors (Lipinski definition) is 4. The lowest BCUT2D eigenvalue weighted by molar-refractivity contribution is -0.132. The molecule has 2 atom stereocenters. The first-order chi connectivity index (χ1) is 14.1. The van der Waals surface area contributed by atoms with E-state index in [0.717, 1.165) is 0 Å². The Bertz CT molecular complexity index is 1050. The second-order valence-corrected chi connectivity index (χ2v) is 7.94. The molecule has 3 rings (SSSR count). The van der Waals surface area contributed by atoms with Crippen LogP contribution < -0.4 is 4.59 Å². The van der Waals surface area contributed by atoms with Gasteiger partial charge in [-0.25, -0.2) is 9.18 Å². The van der Waals surface area contributed by atoms with Crippen molar-refractivity contribution >= 4 is 29.0 Å². The van der Waals surface area contributed by atoms with Crippen molar-refractivity contribution in [3.8, 4) is 0 Å². The molecular formula is C22H23ClFN2O4+. The Kier molecular flexibility index (Phi) is 6.10. The third-order valence-corrected chi connectivity index (χ3v) is 5.81. The van der Waals surface area contributed by atoms with Crippen LogP contribution in [0.25, 0.3) is 0 Å². The summed E-state index contributed by atoms with van der Waals surface area (Å²) in [6, 6.07) is 9.36. The van der Waals surface area contributed by atoms with Crippen LogP contribution in [-0.4, -0.2) is 53.7 Å². The van der Waals surface area contributed by atoms with Crippen LogP contribution >= 0.6 is 11.6 Å². The molecule has 1 unspecified atom stereocenters. The molecule has 1 aliphatic rings. The van der Waals surface area contributed by atoms with Gasteiger partial charge in [0, 0.05) is 26.6 Å². The molecular weight excluding hydrogens is 411 g/mol. The van der Waals surface area contributed by atoms with Crippen LogP contribution in [0.4, 0.5) is 10.1 Å². The Labute approximate surface area is 179 Å². The van der Waals surface area contributed by atoms with Gasteiger partial charge in [0.15, 0.2) is 11.3 Å². The average Bonchev–Trinajstić information content (AvgIpc) is 2.71. The van der Waals surface area contributed by atoms with Gasteiger partial charge in [-0.05, 0) is 30.2 Å². The molecule has 30 heavy (non-hydrogen) atoms. The summed E-state index contributed by atoms with van der Waals surface area (Å²) in [6.07, 6.45) is 1.56. The van der Waals surface area contributed by atoms with Crippen molar-refractivity contribution in [2.75, 3.05) is 20.7 Å². The molecule has 0 spiro atoms. The van der Waals surface area contributed by atoms with Crippen LogP contribution in [0.3, 0.4) is 0 Å². The summed E-state index contributed by atoms with van der Waals surface area (Å²) in [4.78, 5) is 24.8. The lowest BCUT2D eigenvalue weighted by Crippen LogP contribution is -2.63. The molecule has 0 saturated carbocycles. The molecule has 0 aromatic heterocycles. The molecule has 158 valence electrons. The number of aliphatic hydroxyl groups is 1. The summed E-state index contributed by atoms with van der Waals surface area (Å²) in [6.45, 7) is 1.54. The van der Waals surface area contributed by atoms with E-state index in [9.17, 15) is 24.2 Å². The normalized spacial score (nSPS) is 19.4. The number of fused-ring (bicyclic) bond motifs is 1. The number of aliphatic carboxylic acids is 1. The lowest BCUT2D eigenvalue weighted by atomic mass is 9.92. The van der Waals surface area contributed by atoms with Crippen LogP contribution in [0.5, 0.6) is 0 Å². The van der Waals surface area contributed by atoms with Gasteiger partial charge in [-0.3, -0.25) is 4.79 Å². The number of aliphatic hydroxyl groups excluding tert-OH is 1. The highest BCUT2D eigenvalue weighted by Gasteiger charge is 2.47. The summed E-state index contributed by atoms with van der Waals surface area (Å²) in [5.41, 5.74) is 1.40. The fourth-order valence-electron chi connectivity index (χ4n) is 3.93. The molecule has 0 radical (unpaired) electrons. The van der Waals surface area contributed by atoms with Crippen molar-refractivity contribution in [1.82, 2.24) is 9.60 Å². The van der Waals surface area contributed by atoms with Gasteiger partial charge in [-0.2, -0.15) is 9.60 Å². The first-order valence-corrected chi connectivity index (χ1v) is 9.75. The molecule has 6 nitrogen and oxygen atoms in total. The zero-order chi connectivity index (χ0) is 22.2. The number of benzene rings is 2. The van der Waals surface area contributed by atoms with E-state index in [1.807, 2.05) is 0 Å². The Morgan fingerprint density at radius 2 is 1.97 bits per heavy atom. The Balaban J connectivity index is 2.18. The fraction of sp³-hybridized carbons (Fsp3) is 0.273. The van der Waals surface area contributed by atoms with E-state index in [1.165, 1.54) is 12.3 Å². The van der Waals surface area contributed by atoms with Crippen molar-refractivity contribution in [2.24, 2.45) is 0 Å². The van der Waals surface area contributed by atoms with Gasteiger partial charge in [0.25, 0.3) is 0 Å². The Hall–Kier alpha value is -2.58. The predicted molar refractivity (Wildman–Crippen MR) is 113 cm³/mol. The van der Waals surface area contributed by atoms with E-state index >= 15 is 0 Å². The van der Waals surface area contributed by atoms with Gasteiger partial charge in [-0.1, -0.05) is 29.8 Å². The van der Waals surface area contributed by atoms with Gasteiger partial charge in [0.1, 0.15) is 18.1 Å². The second-order valence-electron chi connectivity index (χ2n) is 7.54. The minimum absolute atomic E-state index is 0.0118. The zero-order valence-electron chi connectivity index (χ0n) is 16.9. The van der Waals surface area contributed by atoms with E-state index in [4.69, 9.17) is 11.6 Å². The summed E-state index contributed by atoms with van der Waals surface area (Å²) in [5, 5.41) is 21.2. The lowest BCUT2D eigenvalue weighted by Gasteiger charge is -2.45. The predicted octanol–water partition coefficient (Wildman–Crippen LogP) is 3.40. The number of hydrogen-bond donors (Lipinski definition) is 2. The Morgan fingerprint density at radius 1 is 1.27 bits per heavy atom. The third-order valence-electron chi connectivity index (χ3n) is 5.52. The number of Topliss-reactive ketones (excluding diaryl/α,β-unsaturated/α-hetero) is 1. The van der Waals surface area contributed by atoms with Crippen molar-refractivity contribution in [2.45, 2.75) is 19.4 Å². The largest absolute Gasteiger partial charge is 0.477 e. The maximum atomic E-state index is 14.3. The number of quaternary nitrogens is 1. The molecule has 1 heterocycles. The van der Waals surface area contributed by atoms with Crippen molar-refractivity contribution < 1.29 is 24.2 Å². The number of carboxylic acid groups (broad SMARTS) is 1. The van der Waals surface area contributed by atoms with E-state index in [-0.39, 0.29) is 33.8 Å². The standard InChI is InChI=1S/C22H22ClFN2O4/c1-13(12-27)26(25(2)3)11-17(22(29)30)21(28)16-10-14(7-8-19(16)26)9-15-5-4-6-18(23)20(15)24/h4-8,10-11,13,27H,9,12H2,1-3H3/p+1/t13?,26-/m0/s1. The highest BCUT2D eigenvalue weighted by atomic mass is 35.5. The number of rotatable bonds is 6. The minimum atomic E-state index is -1.34. The molecule has 8 heteroatoms. The van der Waals surface area contributed by atoms with Crippen molar-refractivity contribution in [1.29, 1.82) is 0 Å². The van der Waals surface area contributed by atoms with Gasteiger partial charge in [0.2, 0.25) is 5.78 Å². The second kappa shape index (κ2) is 8.28. The smallest absolute Gasteiger partial charge is 0.345 e. The zero-order valence-corrected chi connectivity index (χ0v) is 17.7. The number of halogens is 2. The molecule has 0 aliphatic carbocycles. The van der Waals surface area contributed by atoms with Crippen LogP contribution in [-0.2, 0) is 11.2 Å². The topological polar surface area (TPSA) is 77.8 Å². The molecule has 0 saturated heterocycles. The monoisotopic (exact) mass is 433 g/mol. The van der Waals surface area contributed by atoms with E-state index in [0.29, 0.717) is 16.8 Å². The average molecular weight is 434 g/mol. The molecule has 0 fully saturated rings. The van der Waals surface area contributed by atoms with Crippen LogP contribution in [0.15, 0.2) is 48.2 Å². The Morgan fingerprint density at radius 3 is 2.57 bits per heavy atom. The summed E-state index contributed by atoms with van der Waals surface area (Å²) in [5.74, 6) is -2.49. The van der Waals surface area contributed by atoms with E-state index in [1.54, 1.807) is 56.4 Å². The van der Waals surface area contributed by atoms with Gasteiger partial charge >= 0.3 is 5.97 Å². The highest BCUT2D eigenvalue weighted by molar-refractivity contribution is 6.30. The fourth-order valence-corrected chi connectivity index (χ4v) is 4.12. The molecule has 2 aromatic carbocycles. The SMILES string of the molecule is CC(CO)[N@@+]1(N(C)C)C=C(C(=O)O)C(=O)c2cc(Cc3cccc(Cl)c3F)ccc21. The summed E-state index contributed by atoms with van der Waals surface area (Å²) >= 11 is 5.86. The van der Waals surface area contributed by atoms with Crippen molar-refractivity contribution in [3.63, 3.8) is 0 Å². The molecule has 2 N–H and O–H groups in total. The quantitative estimate of drug-likeness (QED) is 0.539. The molecule has 1 aliphatic heterocycles. The minimum Gasteiger partial charge on any atom is -0.477 e. The van der Waals surface area contributed by atoms with Gasteiger partial charge in [-0.15, -0.1) is 0 Å². The summed E-state index contributed by atoms with van der Waals surface area (Å²) in [7, 11) is 3.49. The first-order valence-electron chi connectivity index (χ1n) is 9.37.